The quantitative estimate of drug-likeness (QED) is 0.574. The summed E-state index contributed by atoms with van der Waals surface area (Å²) in [5.41, 5.74) is 0.618. The van der Waals surface area contributed by atoms with E-state index >= 15 is 0 Å². The van der Waals surface area contributed by atoms with Crippen molar-refractivity contribution < 1.29 is 22.4 Å². The van der Waals surface area contributed by atoms with E-state index in [0.29, 0.717) is 49.9 Å². The molecule has 0 radical (unpaired) electrons. The van der Waals surface area contributed by atoms with Gasteiger partial charge in [-0.15, -0.1) is 0 Å². The van der Waals surface area contributed by atoms with E-state index in [4.69, 9.17) is 8.83 Å². The number of piperazine rings is 1. The predicted octanol–water partition coefficient (Wildman–Crippen LogP) is 3.14. The first-order valence-electron chi connectivity index (χ1n) is 10.1. The van der Waals surface area contributed by atoms with E-state index in [1.54, 1.807) is 31.5 Å². The first kappa shape index (κ1) is 21.2. The van der Waals surface area contributed by atoms with Crippen LogP contribution in [0.2, 0.25) is 0 Å². The molecule has 0 saturated carbocycles. The topological polar surface area (TPSA) is 66.0 Å². The number of furan rings is 1. The van der Waals surface area contributed by atoms with Gasteiger partial charge in [0.05, 0.1) is 19.4 Å². The van der Waals surface area contributed by atoms with Crippen molar-refractivity contribution in [2.24, 2.45) is 0 Å². The van der Waals surface area contributed by atoms with Gasteiger partial charge in [-0.1, -0.05) is 12.1 Å². The van der Waals surface area contributed by atoms with Gasteiger partial charge in [0.2, 0.25) is 5.89 Å². The summed E-state index contributed by atoms with van der Waals surface area (Å²) in [4.78, 5) is 22.6. The van der Waals surface area contributed by atoms with Gasteiger partial charge in [0.15, 0.2) is 17.3 Å². The molecule has 3 aromatic rings. The third-order valence-corrected chi connectivity index (χ3v) is 5.34. The molecule has 4 rings (SSSR count). The van der Waals surface area contributed by atoms with Crippen LogP contribution in [0.25, 0.3) is 0 Å². The van der Waals surface area contributed by atoms with Crippen LogP contribution in [0, 0.1) is 11.6 Å². The minimum atomic E-state index is -0.819. The van der Waals surface area contributed by atoms with Gasteiger partial charge >= 0.3 is 0 Å². The van der Waals surface area contributed by atoms with Gasteiger partial charge in [-0.25, -0.2) is 13.8 Å². The molecule has 3 heterocycles. The SMILES string of the molecule is CN(Cc1ccco1)C(=O)c1coc(CN2CCN(Cc3cccc(F)c3F)CC2)n1. The number of carbonyl (C=O) groups excluding carboxylic acids is 1. The standard InChI is InChI=1S/C22H24F2N4O3/c1-26(13-17-5-3-11-30-17)22(29)19-15-31-20(25-19)14-28-9-7-27(8-10-28)12-16-4-2-6-18(23)21(16)24/h2-6,11,15H,7-10,12-14H2,1H3. The summed E-state index contributed by atoms with van der Waals surface area (Å²) in [6.45, 7) is 4.11. The average molecular weight is 430 g/mol. The maximum Gasteiger partial charge on any atom is 0.275 e. The highest BCUT2D eigenvalue weighted by Crippen LogP contribution is 2.16. The van der Waals surface area contributed by atoms with Crippen molar-refractivity contribution in [3.8, 4) is 0 Å². The van der Waals surface area contributed by atoms with Crippen molar-refractivity contribution in [2.75, 3.05) is 33.2 Å². The molecule has 1 amide bonds. The molecule has 0 atom stereocenters. The van der Waals surface area contributed by atoms with Gasteiger partial charge in [0.25, 0.3) is 5.91 Å². The van der Waals surface area contributed by atoms with Crippen LogP contribution in [0.3, 0.4) is 0 Å². The molecule has 9 heteroatoms. The lowest BCUT2D eigenvalue weighted by atomic mass is 10.1. The normalized spacial score (nSPS) is 15.3. The van der Waals surface area contributed by atoms with Crippen molar-refractivity contribution in [3.05, 3.63) is 77.4 Å². The molecule has 0 bridgehead atoms. The highest BCUT2D eigenvalue weighted by Gasteiger charge is 2.22. The van der Waals surface area contributed by atoms with E-state index in [9.17, 15) is 13.6 Å². The van der Waals surface area contributed by atoms with E-state index < -0.39 is 11.6 Å². The molecule has 0 spiro atoms. The number of hydrogen-bond donors (Lipinski definition) is 0. The molecule has 1 aliphatic rings. The summed E-state index contributed by atoms with van der Waals surface area (Å²) in [5.74, 6) is -0.678. The summed E-state index contributed by atoms with van der Waals surface area (Å²) in [5, 5.41) is 0. The number of nitrogens with zero attached hydrogens (tertiary/aromatic N) is 4. The smallest absolute Gasteiger partial charge is 0.275 e. The Morgan fingerprint density at radius 2 is 1.81 bits per heavy atom. The van der Waals surface area contributed by atoms with Crippen LogP contribution < -0.4 is 0 Å². The Morgan fingerprint density at radius 1 is 1.06 bits per heavy atom. The van der Waals surface area contributed by atoms with Gasteiger partial charge in [-0.3, -0.25) is 14.6 Å². The molecule has 164 valence electrons. The minimum absolute atomic E-state index is 0.242. The van der Waals surface area contributed by atoms with Gasteiger partial charge in [0, 0.05) is 45.3 Å². The van der Waals surface area contributed by atoms with Crippen molar-refractivity contribution >= 4 is 5.91 Å². The number of benzene rings is 1. The molecule has 31 heavy (non-hydrogen) atoms. The lowest BCUT2D eigenvalue weighted by Crippen LogP contribution is -2.45. The van der Waals surface area contributed by atoms with Crippen molar-refractivity contribution in [1.82, 2.24) is 19.7 Å². The number of hydrogen-bond acceptors (Lipinski definition) is 6. The van der Waals surface area contributed by atoms with Crippen LogP contribution in [0.15, 0.2) is 51.7 Å². The van der Waals surface area contributed by atoms with Crippen LogP contribution in [0.5, 0.6) is 0 Å². The Labute approximate surface area is 178 Å². The van der Waals surface area contributed by atoms with Crippen molar-refractivity contribution in [3.63, 3.8) is 0 Å². The summed E-state index contributed by atoms with van der Waals surface area (Å²) < 4.78 is 38.0. The number of carbonyl (C=O) groups is 1. The summed E-state index contributed by atoms with van der Waals surface area (Å²) in [6.07, 6.45) is 2.94. The Morgan fingerprint density at radius 3 is 2.52 bits per heavy atom. The van der Waals surface area contributed by atoms with Crippen molar-refractivity contribution in [2.45, 2.75) is 19.6 Å². The molecule has 1 fully saturated rings. The molecule has 1 saturated heterocycles. The Hall–Kier alpha value is -3.04. The fourth-order valence-electron chi connectivity index (χ4n) is 3.59. The van der Waals surface area contributed by atoms with Crippen LogP contribution in [0.4, 0.5) is 8.78 Å². The Balaban J connectivity index is 1.27. The van der Waals surface area contributed by atoms with Gasteiger partial charge < -0.3 is 13.7 Å². The predicted molar refractivity (Wildman–Crippen MR) is 108 cm³/mol. The van der Waals surface area contributed by atoms with E-state index in [2.05, 4.69) is 14.8 Å². The summed E-state index contributed by atoms with van der Waals surface area (Å²) >= 11 is 0. The zero-order valence-corrected chi connectivity index (χ0v) is 17.3. The molecule has 0 aliphatic carbocycles. The zero-order chi connectivity index (χ0) is 21.8. The summed E-state index contributed by atoms with van der Waals surface area (Å²) in [7, 11) is 1.68. The number of halogens is 2. The minimum Gasteiger partial charge on any atom is -0.467 e. The van der Waals surface area contributed by atoms with Crippen LogP contribution in [-0.2, 0) is 19.6 Å². The van der Waals surface area contributed by atoms with E-state index in [0.717, 1.165) is 19.2 Å². The second-order valence-electron chi connectivity index (χ2n) is 7.63. The third kappa shape index (κ3) is 5.18. The second-order valence-corrected chi connectivity index (χ2v) is 7.63. The van der Waals surface area contributed by atoms with Crippen LogP contribution in [0.1, 0.15) is 27.7 Å². The molecule has 0 unspecified atom stereocenters. The fraction of sp³-hybridized carbons (Fsp3) is 0.364. The molecular formula is C22H24F2N4O3. The molecule has 1 aliphatic heterocycles. The first-order valence-corrected chi connectivity index (χ1v) is 10.1. The van der Waals surface area contributed by atoms with Crippen LogP contribution in [-0.4, -0.2) is 58.8 Å². The highest BCUT2D eigenvalue weighted by atomic mass is 19.2. The molecule has 2 aromatic heterocycles. The average Bonchev–Trinajstić information content (AvgIpc) is 3.44. The molecule has 0 N–H and O–H groups in total. The number of amides is 1. The molecule has 7 nitrogen and oxygen atoms in total. The third-order valence-electron chi connectivity index (χ3n) is 5.34. The maximum absolute atomic E-state index is 13.9. The maximum atomic E-state index is 13.9. The van der Waals surface area contributed by atoms with Gasteiger partial charge in [-0.2, -0.15) is 0 Å². The lowest BCUT2D eigenvalue weighted by molar-refractivity contribution is 0.0769. The number of aromatic nitrogens is 1. The molecule has 1 aromatic carbocycles. The van der Waals surface area contributed by atoms with E-state index in [-0.39, 0.29) is 11.6 Å². The fourth-order valence-corrected chi connectivity index (χ4v) is 3.59. The van der Waals surface area contributed by atoms with Gasteiger partial charge in [-0.05, 0) is 18.2 Å². The largest absolute Gasteiger partial charge is 0.467 e. The van der Waals surface area contributed by atoms with Crippen molar-refractivity contribution in [1.29, 1.82) is 0 Å². The lowest BCUT2D eigenvalue weighted by Gasteiger charge is -2.34. The van der Waals surface area contributed by atoms with Gasteiger partial charge in [0.1, 0.15) is 12.0 Å². The second kappa shape index (κ2) is 9.40. The van der Waals surface area contributed by atoms with E-state index in [1.807, 2.05) is 0 Å². The zero-order valence-electron chi connectivity index (χ0n) is 17.3. The highest BCUT2D eigenvalue weighted by molar-refractivity contribution is 5.91. The Kier molecular flexibility index (Phi) is 6.43. The first-order chi connectivity index (χ1) is 15.0. The van der Waals surface area contributed by atoms with E-state index in [1.165, 1.54) is 17.2 Å². The summed E-state index contributed by atoms with van der Waals surface area (Å²) in [6, 6.07) is 7.84. The number of rotatable bonds is 7. The Bertz CT molecular complexity index is 1010. The number of oxazole rings is 1. The molecular weight excluding hydrogens is 406 g/mol. The van der Waals surface area contributed by atoms with Crippen LogP contribution >= 0.6 is 0 Å². The monoisotopic (exact) mass is 430 g/mol.